The van der Waals surface area contributed by atoms with Gasteiger partial charge in [0, 0.05) is 0 Å². The molecular weight excluding hydrogens is 161 g/mol. The molecule has 2 N–H and O–H groups in total. The van der Waals surface area contributed by atoms with Crippen LogP contribution in [0.4, 0.5) is 10.1 Å². The summed E-state index contributed by atoms with van der Waals surface area (Å²) in [6.07, 6.45) is 0. The number of hydrogen-bond acceptors (Lipinski definition) is 3. The van der Waals surface area contributed by atoms with Gasteiger partial charge in [0.1, 0.15) is 0 Å². The molecule has 0 radical (unpaired) electrons. The van der Waals surface area contributed by atoms with Crippen molar-refractivity contribution in [1.29, 1.82) is 0 Å². The molecule has 0 fully saturated rings. The number of hydrogen-bond donors (Lipinski definition) is 1. The number of methoxy groups -OCH3 is 2. The Morgan fingerprint density at radius 2 is 1.75 bits per heavy atom. The van der Waals surface area contributed by atoms with E-state index in [1.54, 1.807) is 0 Å². The van der Waals surface area contributed by atoms with Gasteiger partial charge in [-0.1, -0.05) is 0 Å². The van der Waals surface area contributed by atoms with Gasteiger partial charge in [0.25, 0.3) is 0 Å². The first-order valence-corrected chi connectivity index (χ1v) is 3.36. The minimum atomic E-state index is -0.483. The molecule has 0 saturated heterocycles. The zero-order valence-electron chi connectivity index (χ0n) is 6.93. The Balaban J connectivity index is 3.28. The maximum absolute atomic E-state index is 13.0. The van der Waals surface area contributed by atoms with Crippen LogP contribution in [0.25, 0.3) is 0 Å². The van der Waals surface area contributed by atoms with Crippen LogP contribution in [0.2, 0.25) is 0 Å². The third-order valence-corrected chi connectivity index (χ3v) is 1.50. The van der Waals surface area contributed by atoms with E-state index in [1.165, 1.54) is 26.4 Å². The van der Waals surface area contributed by atoms with E-state index in [0.29, 0.717) is 5.69 Å². The molecule has 0 aliphatic rings. The summed E-state index contributed by atoms with van der Waals surface area (Å²) in [7, 11) is 2.77. The first-order chi connectivity index (χ1) is 5.70. The van der Waals surface area contributed by atoms with Crippen LogP contribution in [0.1, 0.15) is 0 Å². The summed E-state index contributed by atoms with van der Waals surface area (Å²) < 4.78 is 22.6. The van der Waals surface area contributed by atoms with Gasteiger partial charge in [0.2, 0.25) is 0 Å². The second kappa shape index (κ2) is 3.30. The monoisotopic (exact) mass is 171 g/mol. The number of benzene rings is 1. The third-order valence-electron chi connectivity index (χ3n) is 1.50. The maximum Gasteiger partial charge on any atom is 0.198 e. The molecule has 3 nitrogen and oxygen atoms in total. The van der Waals surface area contributed by atoms with E-state index in [2.05, 4.69) is 0 Å². The summed E-state index contributed by atoms with van der Waals surface area (Å²) in [5, 5.41) is 0. The molecule has 12 heavy (non-hydrogen) atoms. The van der Waals surface area contributed by atoms with E-state index in [-0.39, 0.29) is 11.5 Å². The minimum absolute atomic E-state index is 0.0394. The Morgan fingerprint density at radius 3 is 2.17 bits per heavy atom. The van der Waals surface area contributed by atoms with Gasteiger partial charge in [-0.3, -0.25) is 0 Å². The van der Waals surface area contributed by atoms with Crippen molar-refractivity contribution in [2.45, 2.75) is 0 Å². The lowest BCUT2D eigenvalue weighted by Crippen LogP contribution is -1.98. The van der Waals surface area contributed by atoms with E-state index < -0.39 is 5.82 Å². The van der Waals surface area contributed by atoms with Gasteiger partial charge in [0.05, 0.1) is 19.9 Å². The molecule has 1 aromatic rings. The van der Waals surface area contributed by atoms with Crippen molar-refractivity contribution in [3.63, 3.8) is 0 Å². The van der Waals surface area contributed by atoms with Crippen molar-refractivity contribution in [2.75, 3.05) is 20.0 Å². The first-order valence-electron chi connectivity index (χ1n) is 3.36. The van der Waals surface area contributed by atoms with Gasteiger partial charge in [0.15, 0.2) is 17.3 Å². The molecule has 0 unspecified atom stereocenters. The van der Waals surface area contributed by atoms with Crippen molar-refractivity contribution in [1.82, 2.24) is 0 Å². The van der Waals surface area contributed by atoms with Gasteiger partial charge >= 0.3 is 0 Å². The summed E-state index contributed by atoms with van der Waals surface area (Å²) >= 11 is 0. The number of anilines is 1. The SMILES string of the molecule is COc1c(N)ccc(F)c1OC. The van der Waals surface area contributed by atoms with Crippen molar-refractivity contribution in [2.24, 2.45) is 0 Å². The predicted molar refractivity (Wildman–Crippen MR) is 43.9 cm³/mol. The summed E-state index contributed by atoms with van der Waals surface area (Å²) in [6, 6.07) is 2.66. The Hall–Kier alpha value is -1.45. The lowest BCUT2D eigenvalue weighted by atomic mass is 10.2. The molecule has 0 aliphatic heterocycles. The van der Waals surface area contributed by atoms with Gasteiger partial charge in [-0.05, 0) is 12.1 Å². The predicted octanol–water partition coefficient (Wildman–Crippen LogP) is 1.43. The lowest BCUT2D eigenvalue weighted by Gasteiger charge is -2.09. The maximum atomic E-state index is 13.0. The molecule has 0 atom stereocenters. The van der Waals surface area contributed by atoms with E-state index in [9.17, 15) is 4.39 Å². The van der Waals surface area contributed by atoms with Crippen molar-refractivity contribution in [3.8, 4) is 11.5 Å². The summed E-state index contributed by atoms with van der Waals surface area (Å²) in [6.45, 7) is 0. The quantitative estimate of drug-likeness (QED) is 0.684. The highest BCUT2D eigenvalue weighted by atomic mass is 19.1. The van der Waals surface area contributed by atoms with E-state index in [4.69, 9.17) is 15.2 Å². The van der Waals surface area contributed by atoms with Crippen LogP contribution in [0, 0.1) is 5.82 Å². The van der Waals surface area contributed by atoms with Crippen LogP contribution >= 0.6 is 0 Å². The van der Waals surface area contributed by atoms with Crippen LogP contribution in [0.3, 0.4) is 0 Å². The van der Waals surface area contributed by atoms with Crippen molar-refractivity contribution in [3.05, 3.63) is 17.9 Å². The number of rotatable bonds is 2. The molecule has 0 aliphatic carbocycles. The Kier molecular flexibility index (Phi) is 2.38. The molecule has 0 bridgehead atoms. The summed E-state index contributed by atoms with van der Waals surface area (Å²) in [5.41, 5.74) is 5.86. The van der Waals surface area contributed by atoms with Crippen LogP contribution in [0.15, 0.2) is 12.1 Å². The van der Waals surface area contributed by atoms with E-state index in [1.807, 2.05) is 0 Å². The fourth-order valence-electron chi connectivity index (χ4n) is 0.955. The molecule has 66 valence electrons. The largest absolute Gasteiger partial charge is 0.491 e. The molecule has 0 spiro atoms. The van der Waals surface area contributed by atoms with Crippen LogP contribution < -0.4 is 15.2 Å². The first kappa shape index (κ1) is 8.64. The smallest absolute Gasteiger partial charge is 0.198 e. The molecule has 1 aromatic carbocycles. The van der Waals surface area contributed by atoms with Gasteiger partial charge in [-0.15, -0.1) is 0 Å². The Morgan fingerprint density at radius 1 is 1.17 bits per heavy atom. The number of nitrogens with two attached hydrogens (primary N) is 1. The molecule has 0 saturated carbocycles. The molecular formula is C8H10FNO2. The second-order valence-corrected chi connectivity index (χ2v) is 2.20. The standard InChI is InChI=1S/C8H10FNO2/c1-11-7-5(9)3-4-6(10)8(7)12-2/h3-4H,10H2,1-2H3. The summed E-state index contributed by atoms with van der Waals surface area (Å²) in [4.78, 5) is 0. The zero-order valence-corrected chi connectivity index (χ0v) is 6.93. The average molecular weight is 171 g/mol. The van der Waals surface area contributed by atoms with E-state index in [0.717, 1.165) is 0 Å². The topological polar surface area (TPSA) is 44.5 Å². The lowest BCUT2D eigenvalue weighted by molar-refractivity contribution is 0.339. The van der Waals surface area contributed by atoms with Crippen LogP contribution in [0.5, 0.6) is 11.5 Å². The number of halogens is 1. The number of ether oxygens (including phenoxy) is 2. The van der Waals surface area contributed by atoms with Gasteiger partial charge in [-0.2, -0.15) is 0 Å². The molecule has 0 aromatic heterocycles. The molecule has 1 rings (SSSR count). The average Bonchev–Trinajstić information content (AvgIpc) is 2.08. The molecule has 4 heteroatoms. The minimum Gasteiger partial charge on any atom is -0.491 e. The van der Waals surface area contributed by atoms with Crippen LogP contribution in [-0.2, 0) is 0 Å². The fourth-order valence-corrected chi connectivity index (χ4v) is 0.955. The molecule has 0 heterocycles. The highest BCUT2D eigenvalue weighted by Crippen LogP contribution is 2.34. The highest BCUT2D eigenvalue weighted by molar-refractivity contribution is 5.60. The zero-order chi connectivity index (χ0) is 9.14. The Labute approximate surface area is 69.9 Å². The van der Waals surface area contributed by atoms with Gasteiger partial charge in [-0.25, -0.2) is 4.39 Å². The van der Waals surface area contributed by atoms with Crippen molar-refractivity contribution < 1.29 is 13.9 Å². The Bertz CT molecular complexity index is 260. The van der Waals surface area contributed by atoms with Crippen LogP contribution in [-0.4, -0.2) is 14.2 Å². The van der Waals surface area contributed by atoms with Gasteiger partial charge < -0.3 is 15.2 Å². The fraction of sp³-hybridized carbons (Fsp3) is 0.250. The molecule has 0 amide bonds. The second-order valence-electron chi connectivity index (χ2n) is 2.20. The summed E-state index contributed by atoms with van der Waals surface area (Å²) in [5.74, 6) is -0.210. The number of nitrogen functional groups attached to an aromatic ring is 1. The third kappa shape index (κ3) is 1.28. The normalized spacial score (nSPS) is 9.58. The van der Waals surface area contributed by atoms with Crippen molar-refractivity contribution >= 4 is 5.69 Å². The van der Waals surface area contributed by atoms with E-state index >= 15 is 0 Å². The highest BCUT2D eigenvalue weighted by Gasteiger charge is 2.12.